The number of nitrogens with zero attached hydrogens (tertiary/aromatic N) is 3. The van der Waals surface area contributed by atoms with Crippen molar-refractivity contribution in [1.29, 1.82) is 5.26 Å². The number of nitriles is 1. The molecule has 0 spiro atoms. The van der Waals surface area contributed by atoms with Gasteiger partial charge in [-0.05, 0) is 54.9 Å². The third-order valence-electron chi connectivity index (χ3n) is 6.53. The molecule has 2 fully saturated rings. The first kappa shape index (κ1) is 18.9. The zero-order valence-corrected chi connectivity index (χ0v) is 17.1. The molecule has 3 heterocycles. The minimum Gasteiger partial charge on any atom is -0.346 e. The molecule has 0 radical (unpaired) electrons. The number of aromatic nitrogens is 2. The maximum atomic E-state index is 12.7. The fraction of sp³-hybridized carbons (Fsp3) is 0.478. The van der Waals surface area contributed by atoms with E-state index >= 15 is 0 Å². The van der Waals surface area contributed by atoms with Gasteiger partial charge in [0.2, 0.25) is 11.8 Å². The molecule has 1 atom stereocenters. The Morgan fingerprint density at radius 2 is 2.20 bits per heavy atom. The minimum atomic E-state index is -0.415. The number of nitrogens with one attached hydrogen (secondary N) is 2. The van der Waals surface area contributed by atoms with Gasteiger partial charge in [-0.2, -0.15) is 5.26 Å². The summed E-state index contributed by atoms with van der Waals surface area (Å²) in [6.45, 7) is 3.28. The Morgan fingerprint density at radius 3 is 2.87 bits per heavy atom. The second-order valence-electron chi connectivity index (χ2n) is 8.99. The molecular weight excluding hydrogens is 378 g/mol. The summed E-state index contributed by atoms with van der Waals surface area (Å²) in [4.78, 5) is 34.5. The van der Waals surface area contributed by atoms with E-state index < -0.39 is 5.41 Å². The first-order chi connectivity index (χ1) is 14.5. The molecule has 7 heteroatoms. The van der Waals surface area contributed by atoms with Gasteiger partial charge < -0.3 is 15.2 Å². The number of fused-ring (bicyclic) bond motifs is 1. The van der Waals surface area contributed by atoms with Crippen molar-refractivity contribution >= 4 is 34.2 Å². The van der Waals surface area contributed by atoms with Gasteiger partial charge in [-0.1, -0.05) is 13.0 Å². The van der Waals surface area contributed by atoms with E-state index in [-0.39, 0.29) is 23.7 Å². The minimum absolute atomic E-state index is 0.0355. The molecule has 7 nitrogen and oxygen atoms in total. The van der Waals surface area contributed by atoms with E-state index in [9.17, 15) is 14.9 Å². The summed E-state index contributed by atoms with van der Waals surface area (Å²) in [5.41, 5.74) is 2.54. The summed E-state index contributed by atoms with van der Waals surface area (Å²) in [7, 11) is 0. The van der Waals surface area contributed by atoms with E-state index in [2.05, 4.69) is 34.4 Å². The van der Waals surface area contributed by atoms with Crippen LogP contribution in [0, 0.1) is 28.6 Å². The highest BCUT2D eigenvalue weighted by Gasteiger charge is 2.46. The lowest BCUT2D eigenvalue weighted by Crippen LogP contribution is -2.39. The van der Waals surface area contributed by atoms with Crippen LogP contribution in [0.15, 0.2) is 24.4 Å². The van der Waals surface area contributed by atoms with Crippen molar-refractivity contribution in [2.45, 2.75) is 39.0 Å². The van der Waals surface area contributed by atoms with Gasteiger partial charge >= 0.3 is 0 Å². The van der Waals surface area contributed by atoms with Crippen LogP contribution in [-0.4, -0.2) is 39.8 Å². The second-order valence-corrected chi connectivity index (χ2v) is 8.99. The molecule has 2 aromatic rings. The molecule has 154 valence electrons. The number of H-pyrrole nitrogens is 1. The molecular formula is C23H25N5O2. The SMILES string of the molecule is C[C@@H]1CN(C(=O)CC2(C#N)CC2)CC=C1c1cc(NC(=O)C2CC2)nc2[nH]ccc12. The van der Waals surface area contributed by atoms with Crippen molar-refractivity contribution in [3.8, 4) is 6.07 Å². The average molecular weight is 403 g/mol. The Hall–Kier alpha value is -3.14. The first-order valence-electron chi connectivity index (χ1n) is 10.7. The fourth-order valence-electron chi connectivity index (χ4n) is 4.29. The zero-order valence-electron chi connectivity index (χ0n) is 17.1. The average Bonchev–Trinajstić information content (AvgIpc) is 3.66. The number of pyridine rings is 1. The van der Waals surface area contributed by atoms with Crippen molar-refractivity contribution in [3.63, 3.8) is 0 Å². The monoisotopic (exact) mass is 403 g/mol. The number of anilines is 1. The largest absolute Gasteiger partial charge is 0.346 e. The summed E-state index contributed by atoms with van der Waals surface area (Å²) < 4.78 is 0. The quantitative estimate of drug-likeness (QED) is 0.798. The van der Waals surface area contributed by atoms with E-state index in [1.807, 2.05) is 23.2 Å². The molecule has 2 N–H and O–H groups in total. The van der Waals surface area contributed by atoms with Crippen LogP contribution >= 0.6 is 0 Å². The van der Waals surface area contributed by atoms with E-state index in [1.165, 1.54) is 0 Å². The Morgan fingerprint density at radius 1 is 1.40 bits per heavy atom. The molecule has 0 unspecified atom stereocenters. The van der Waals surface area contributed by atoms with Gasteiger partial charge in [0, 0.05) is 37.0 Å². The van der Waals surface area contributed by atoms with Crippen LogP contribution in [0.4, 0.5) is 5.82 Å². The van der Waals surface area contributed by atoms with Gasteiger partial charge in [-0.3, -0.25) is 9.59 Å². The van der Waals surface area contributed by atoms with E-state index in [0.717, 1.165) is 47.9 Å². The normalized spacial score (nSPS) is 22.3. The summed E-state index contributed by atoms with van der Waals surface area (Å²) in [6.07, 6.45) is 7.84. The summed E-state index contributed by atoms with van der Waals surface area (Å²) in [6, 6.07) is 6.26. The van der Waals surface area contributed by atoms with Crippen LogP contribution in [0.2, 0.25) is 0 Å². The third-order valence-corrected chi connectivity index (χ3v) is 6.53. The number of hydrogen-bond acceptors (Lipinski definition) is 4. The summed E-state index contributed by atoms with van der Waals surface area (Å²) in [5.74, 6) is 0.925. The predicted octanol–water partition coefficient (Wildman–Crippen LogP) is 3.47. The highest BCUT2D eigenvalue weighted by Crippen LogP contribution is 2.48. The maximum absolute atomic E-state index is 12.7. The Labute approximate surface area is 175 Å². The van der Waals surface area contributed by atoms with Crippen molar-refractivity contribution in [2.24, 2.45) is 17.3 Å². The number of rotatable bonds is 5. The Balaban J connectivity index is 1.40. The molecule has 1 aliphatic heterocycles. The van der Waals surface area contributed by atoms with Crippen LogP contribution in [-0.2, 0) is 9.59 Å². The lowest BCUT2D eigenvalue weighted by atomic mass is 9.89. The van der Waals surface area contributed by atoms with Crippen LogP contribution in [0.25, 0.3) is 16.6 Å². The number of aromatic amines is 1. The molecule has 0 bridgehead atoms. The van der Waals surface area contributed by atoms with Crippen molar-refractivity contribution in [1.82, 2.24) is 14.9 Å². The van der Waals surface area contributed by atoms with Gasteiger partial charge in [0.15, 0.2) is 0 Å². The topological polar surface area (TPSA) is 102 Å². The standard InChI is InChI=1S/C23H25N5O2/c1-14-12-28(20(29)11-23(13-24)6-7-23)9-5-16(14)18-10-19(27-22(30)15-2-3-15)26-21-17(18)4-8-25-21/h4-5,8,10,14-15H,2-3,6-7,9,11-12H2,1H3,(H2,25,26,27,30)/t14-/m1/s1. The maximum Gasteiger partial charge on any atom is 0.228 e. The van der Waals surface area contributed by atoms with Crippen molar-refractivity contribution < 1.29 is 9.59 Å². The summed E-state index contributed by atoms with van der Waals surface area (Å²) in [5, 5.41) is 13.2. The van der Waals surface area contributed by atoms with E-state index in [0.29, 0.717) is 25.3 Å². The Bertz CT molecular complexity index is 1100. The number of hydrogen-bond donors (Lipinski definition) is 2. The van der Waals surface area contributed by atoms with Crippen molar-refractivity contribution in [3.05, 3.63) is 30.0 Å². The van der Waals surface area contributed by atoms with Crippen LogP contribution in [0.5, 0.6) is 0 Å². The Kier molecular flexibility index (Phi) is 4.39. The molecule has 0 aromatic carbocycles. The molecule has 2 aromatic heterocycles. The molecule has 5 rings (SSSR count). The highest BCUT2D eigenvalue weighted by molar-refractivity contribution is 5.97. The van der Waals surface area contributed by atoms with Gasteiger partial charge in [0.1, 0.15) is 11.5 Å². The van der Waals surface area contributed by atoms with Crippen LogP contribution in [0.1, 0.15) is 44.6 Å². The van der Waals surface area contributed by atoms with Gasteiger partial charge in [0.05, 0.1) is 11.5 Å². The molecule has 2 amide bonds. The number of carbonyl (C=O) groups excluding carboxylic acids is 2. The van der Waals surface area contributed by atoms with Gasteiger partial charge in [-0.15, -0.1) is 0 Å². The molecule has 30 heavy (non-hydrogen) atoms. The molecule has 2 saturated carbocycles. The summed E-state index contributed by atoms with van der Waals surface area (Å²) >= 11 is 0. The number of amides is 2. The van der Waals surface area contributed by atoms with Crippen LogP contribution < -0.4 is 5.32 Å². The fourth-order valence-corrected chi connectivity index (χ4v) is 4.29. The second kappa shape index (κ2) is 6.98. The first-order valence-corrected chi connectivity index (χ1v) is 10.7. The third kappa shape index (κ3) is 3.47. The highest BCUT2D eigenvalue weighted by atomic mass is 16.2. The molecule has 2 aliphatic carbocycles. The smallest absolute Gasteiger partial charge is 0.228 e. The predicted molar refractivity (Wildman–Crippen MR) is 113 cm³/mol. The zero-order chi connectivity index (χ0) is 20.9. The van der Waals surface area contributed by atoms with E-state index in [1.54, 1.807) is 0 Å². The van der Waals surface area contributed by atoms with Gasteiger partial charge in [0.25, 0.3) is 0 Å². The lowest BCUT2D eigenvalue weighted by molar-refractivity contribution is -0.132. The van der Waals surface area contributed by atoms with Crippen molar-refractivity contribution in [2.75, 3.05) is 18.4 Å². The van der Waals surface area contributed by atoms with Crippen LogP contribution in [0.3, 0.4) is 0 Å². The van der Waals surface area contributed by atoms with E-state index in [4.69, 9.17) is 0 Å². The molecule has 3 aliphatic rings. The van der Waals surface area contributed by atoms with Gasteiger partial charge in [-0.25, -0.2) is 4.98 Å². The molecule has 0 saturated heterocycles. The number of carbonyl (C=O) groups is 2. The lowest BCUT2D eigenvalue weighted by Gasteiger charge is -2.32.